The van der Waals surface area contributed by atoms with Gasteiger partial charge in [-0.05, 0) is 0 Å². The van der Waals surface area contributed by atoms with Gasteiger partial charge >= 0.3 is 26.2 Å². The number of aryl methyl sites for hydroxylation is 1. The van der Waals surface area contributed by atoms with E-state index in [1.165, 1.54) is 5.56 Å². The first-order valence-corrected chi connectivity index (χ1v) is 3.79. The fraction of sp³-hybridized carbons (Fsp3) is 0.182. The van der Waals surface area contributed by atoms with Crippen molar-refractivity contribution in [3.05, 3.63) is 54.1 Å². The summed E-state index contributed by atoms with van der Waals surface area (Å²) in [7, 11) is 0. The molecule has 0 spiro atoms. The summed E-state index contributed by atoms with van der Waals surface area (Å²) in [5, 5.41) is 0. The predicted molar refractivity (Wildman–Crippen MR) is 48.3 cm³/mol. The molecule has 3 heteroatoms. The molecule has 1 aliphatic rings. The van der Waals surface area contributed by atoms with Crippen molar-refractivity contribution in [1.82, 2.24) is 0 Å². The minimum Gasteiger partial charge on any atom is -1.00 e. The summed E-state index contributed by atoms with van der Waals surface area (Å²) >= 11 is 0. The Balaban J connectivity index is -0.000000144. The van der Waals surface area contributed by atoms with Gasteiger partial charge in [0.2, 0.25) is 0 Å². The van der Waals surface area contributed by atoms with Crippen molar-refractivity contribution in [3.63, 3.8) is 0 Å². The van der Waals surface area contributed by atoms with Crippen LogP contribution in [0.15, 0.2) is 42.5 Å². The molecule has 0 radical (unpaired) electrons. The van der Waals surface area contributed by atoms with Crippen molar-refractivity contribution in [2.45, 2.75) is 13.3 Å². The quantitative estimate of drug-likeness (QED) is 0.449. The third kappa shape index (κ3) is 10.4. The van der Waals surface area contributed by atoms with Gasteiger partial charge in [-0.25, -0.2) is 24.3 Å². The van der Waals surface area contributed by atoms with E-state index in [2.05, 4.69) is 31.2 Å². The second-order valence-corrected chi connectivity index (χ2v) is 2.47. The number of hydrogen-bond donors (Lipinski definition) is 0. The molecule has 0 fully saturated rings. The minimum atomic E-state index is 0. The van der Waals surface area contributed by atoms with Crippen molar-refractivity contribution in [1.29, 1.82) is 0 Å². The summed E-state index contributed by atoms with van der Waals surface area (Å²) in [6.45, 7) is 2.08. The van der Waals surface area contributed by atoms with Crippen LogP contribution < -0.4 is 24.8 Å². The van der Waals surface area contributed by atoms with E-state index in [1.807, 2.05) is 24.3 Å². The van der Waals surface area contributed by atoms with Gasteiger partial charge in [-0.2, -0.15) is 23.8 Å². The molecule has 0 nitrogen and oxygen atoms in total. The molecule has 0 aromatic heterocycles. The number of rotatable bonds is 0. The third-order valence-electron chi connectivity index (χ3n) is 1.42. The van der Waals surface area contributed by atoms with E-state index < -0.39 is 0 Å². The Hall–Kier alpha value is 0.293. The fourth-order valence-corrected chi connectivity index (χ4v) is 0.810. The van der Waals surface area contributed by atoms with Gasteiger partial charge in [-0.15, -0.1) is 6.42 Å². The summed E-state index contributed by atoms with van der Waals surface area (Å²) in [6, 6.07) is 8.24. The van der Waals surface area contributed by atoms with E-state index >= 15 is 0 Å². The standard InChI is InChI=1S/C6H7.C5H5.2ClH.Zr/c1-6-4-2-3-5-6;1-2-4-5-3-1;;;/h2-5H,1H3;1-3H,4H2;2*1H;/q2*-1;;;+4/p-2. The summed E-state index contributed by atoms with van der Waals surface area (Å²) in [5.41, 5.74) is 1.34. The molecule has 0 aliphatic heterocycles. The van der Waals surface area contributed by atoms with Gasteiger partial charge in [-0.1, -0.05) is 6.92 Å². The molecule has 0 unspecified atom stereocenters. The van der Waals surface area contributed by atoms with Gasteiger partial charge < -0.3 is 24.8 Å². The van der Waals surface area contributed by atoms with Crippen LogP contribution in [0.4, 0.5) is 0 Å². The summed E-state index contributed by atoms with van der Waals surface area (Å²) in [5.74, 6) is 0. The van der Waals surface area contributed by atoms with Crippen LogP contribution in [0.25, 0.3) is 0 Å². The maximum absolute atomic E-state index is 2.99. The maximum Gasteiger partial charge on any atom is 4.00 e. The summed E-state index contributed by atoms with van der Waals surface area (Å²) in [6.07, 6.45) is 10.0. The van der Waals surface area contributed by atoms with E-state index in [9.17, 15) is 0 Å². The molecule has 0 saturated heterocycles. The SMILES string of the molecule is C[c-]1cccc1.[C-]1=CC=CC1.[Cl-].[Cl-].[Zr+4]. The Morgan fingerprint density at radius 1 is 1.14 bits per heavy atom. The van der Waals surface area contributed by atoms with Crippen molar-refractivity contribution in [2.24, 2.45) is 0 Å². The Labute approximate surface area is 118 Å². The van der Waals surface area contributed by atoms with E-state index in [1.54, 1.807) is 0 Å². The molecule has 1 aromatic carbocycles. The molecule has 2 rings (SSSR count). The van der Waals surface area contributed by atoms with E-state index in [0.717, 1.165) is 6.42 Å². The molecule has 0 atom stereocenters. The van der Waals surface area contributed by atoms with Crippen LogP contribution in [0.3, 0.4) is 0 Å². The molecule has 74 valence electrons. The molecule has 0 heterocycles. The second kappa shape index (κ2) is 13.3. The van der Waals surface area contributed by atoms with E-state index in [4.69, 9.17) is 0 Å². The molecular formula is C11H12Cl2Zr. The normalized spacial score (nSPS) is 10.1. The Morgan fingerprint density at radius 3 is 1.86 bits per heavy atom. The number of allylic oxidation sites excluding steroid dienone is 4. The van der Waals surface area contributed by atoms with Crippen LogP contribution in [-0.2, 0) is 26.2 Å². The zero-order valence-corrected chi connectivity index (χ0v) is 12.0. The smallest absolute Gasteiger partial charge is 1.00 e. The van der Waals surface area contributed by atoms with Crippen LogP contribution in [0.2, 0.25) is 0 Å². The van der Waals surface area contributed by atoms with Gasteiger partial charge in [0.05, 0.1) is 0 Å². The molecule has 0 bridgehead atoms. The number of hydrogen-bond acceptors (Lipinski definition) is 0. The Morgan fingerprint density at radius 2 is 1.71 bits per heavy atom. The first kappa shape index (κ1) is 19.8. The minimum absolute atomic E-state index is 0. The average Bonchev–Trinajstić information content (AvgIpc) is 2.57. The topological polar surface area (TPSA) is 0 Å². The van der Waals surface area contributed by atoms with Gasteiger partial charge in [0.1, 0.15) is 0 Å². The zero-order chi connectivity index (χ0) is 7.94. The van der Waals surface area contributed by atoms with Crippen LogP contribution in [-0.4, -0.2) is 0 Å². The molecule has 0 amide bonds. The molecule has 0 saturated carbocycles. The van der Waals surface area contributed by atoms with E-state index in [0.29, 0.717) is 0 Å². The van der Waals surface area contributed by atoms with Gasteiger partial charge in [0.25, 0.3) is 0 Å². The molecule has 14 heavy (non-hydrogen) atoms. The largest absolute Gasteiger partial charge is 4.00 e. The van der Waals surface area contributed by atoms with E-state index in [-0.39, 0.29) is 51.0 Å². The van der Waals surface area contributed by atoms with Crippen LogP contribution in [0.1, 0.15) is 12.0 Å². The molecular weight excluding hydrogens is 294 g/mol. The first-order valence-electron chi connectivity index (χ1n) is 3.79. The Kier molecular flexibility index (Phi) is 18.8. The summed E-state index contributed by atoms with van der Waals surface area (Å²) < 4.78 is 0. The number of halogens is 2. The van der Waals surface area contributed by atoms with Crippen LogP contribution in [0.5, 0.6) is 0 Å². The van der Waals surface area contributed by atoms with Crippen molar-refractivity contribution >= 4 is 0 Å². The third-order valence-corrected chi connectivity index (χ3v) is 1.42. The average molecular weight is 306 g/mol. The monoisotopic (exact) mass is 304 g/mol. The maximum atomic E-state index is 2.99. The van der Waals surface area contributed by atoms with Crippen LogP contribution in [0, 0.1) is 13.0 Å². The molecule has 0 N–H and O–H groups in total. The fourth-order valence-electron chi connectivity index (χ4n) is 0.810. The van der Waals surface area contributed by atoms with Gasteiger partial charge in [0.15, 0.2) is 0 Å². The summed E-state index contributed by atoms with van der Waals surface area (Å²) in [4.78, 5) is 0. The van der Waals surface area contributed by atoms with Gasteiger partial charge in [-0.3, -0.25) is 6.08 Å². The van der Waals surface area contributed by atoms with Crippen LogP contribution >= 0.6 is 0 Å². The van der Waals surface area contributed by atoms with Crippen molar-refractivity contribution < 1.29 is 51.0 Å². The molecule has 1 aromatic rings. The van der Waals surface area contributed by atoms with Crippen molar-refractivity contribution in [2.75, 3.05) is 0 Å². The molecule has 1 aliphatic carbocycles. The second-order valence-electron chi connectivity index (χ2n) is 2.47. The van der Waals surface area contributed by atoms with Crippen molar-refractivity contribution in [3.8, 4) is 0 Å². The van der Waals surface area contributed by atoms with Gasteiger partial charge in [0, 0.05) is 0 Å². The first-order chi connectivity index (χ1) is 5.39. The Bertz CT molecular complexity index is 228. The zero-order valence-electron chi connectivity index (χ0n) is 8.00. The predicted octanol–water partition coefficient (Wildman–Crippen LogP) is -2.97.